The zero-order valence-corrected chi connectivity index (χ0v) is 12.1. The minimum absolute atomic E-state index is 0.113. The summed E-state index contributed by atoms with van der Waals surface area (Å²) in [4.78, 5) is 15.6. The van der Waals surface area contributed by atoms with E-state index in [-0.39, 0.29) is 11.4 Å². The number of ketones is 1. The van der Waals surface area contributed by atoms with Crippen molar-refractivity contribution in [2.75, 3.05) is 0 Å². The molecular formula is C16H14F3NO2. The van der Waals surface area contributed by atoms with Gasteiger partial charge < -0.3 is 4.42 Å². The highest BCUT2D eigenvalue weighted by atomic mass is 19.4. The Morgan fingerprint density at radius 1 is 1.14 bits per heavy atom. The summed E-state index contributed by atoms with van der Waals surface area (Å²) in [5.74, 6) is -0.870. The second-order valence-electron chi connectivity index (χ2n) is 4.87. The molecule has 1 aromatic heterocycles. The van der Waals surface area contributed by atoms with Gasteiger partial charge in [0.1, 0.15) is 5.71 Å². The van der Waals surface area contributed by atoms with Crippen molar-refractivity contribution >= 4 is 17.2 Å². The molecule has 0 amide bonds. The van der Waals surface area contributed by atoms with Gasteiger partial charge in [0.05, 0.1) is 18.4 Å². The molecule has 1 heterocycles. The van der Waals surface area contributed by atoms with E-state index in [1.807, 2.05) is 0 Å². The minimum atomic E-state index is -4.68. The molecule has 22 heavy (non-hydrogen) atoms. The number of furan rings is 1. The van der Waals surface area contributed by atoms with E-state index in [9.17, 15) is 18.0 Å². The maximum atomic E-state index is 13.2. The van der Waals surface area contributed by atoms with E-state index in [2.05, 4.69) is 4.99 Å². The summed E-state index contributed by atoms with van der Waals surface area (Å²) in [6.07, 6.45) is -4.30. The lowest BCUT2D eigenvalue weighted by Gasteiger charge is -2.12. The Labute approximate surface area is 125 Å². The van der Waals surface area contributed by atoms with Gasteiger partial charge in [-0.1, -0.05) is 18.2 Å². The Morgan fingerprint density at radius 3 is 2.27 bits per heavy atom. The van der Waals surface area contributed by atoms with Crippen LogP contribution >= 0.6 is 0 Å². The van der Waals surface area contributed by atoms with E-state index in [1.165, 1.54) is 18.4 Å². The standard InChI is InChI=1S/C16H14F3NO2/c1-10-5-3-6-11(2)15(10)20-14(16(17,18)19)9-12(21)13-7-4-8-22-13/h3-8H,9H2,1-2H3. The number of halogens is 3. The van der Waals surface area contributed by atoms with Crippen molar-refractivity contribution in [1.82, 2.24) is 0 Å². The maximum Gasteiger partial charge on any atom is 0.429 e. The van der Waals surface area contributed by atoms with Gasteiger partial charge in [-0.25, -0.2) is 4.99 Å². The zero-order chi connectivity index (χ0) is 16.3. The van der Waals surface area contributed by atoms with Crippen molar-refractivity contribution in [3.05, 3.63) is 53.5 Å². The van der Waals surface area contributed by atoms with Crippen LogP contribution in [0, 0.1) is 13.8 Å². The number of aliphatic imine (C=N–C) groups is 1. The van der Waals surface area contributed by atoms with Gasteiger partial charge in [0.2, 0.25) is 5.78 Å². The number of rotatable bonds is 4. The highest BCUT2D eigenvalue weighted by Crippen LogP contribution is 2.28. The number of hydrogen-bond acceptors (Lipinski definition) is 3. The molecule has 2 aromatic rings. The van der Waals surface area contributed by atoms with Gasteiger partial charge in [-0.2, -0.15) is 13.2 Å². The monoisotopic (exact) mass is 309 g/mol. The molecule has 0 spiro atoms. The van der Waals surface area contributed by atoms with Gasteiger partial charge >= 0.3 is 6.18 Å². The molecule has 0 fully saturated rings. The molecule has 0 saturated heterocycles. The van der Waals surface area contributed by atoms with Crippen molar-refractivity contribution in [2.24, 2.45) is 4.99 Å². The fraction of sp³-hybridized carbons (Fsp3) is 0.250. The van der Waals surface area contributed by atoms with Crippen LogP contribution in [-0.4, -0.2) is 17.7 Å². The third kappa shape index (κ3) is 3.63. The molecule has 0 radical (unpaired) electrons. The highest BCUT2D eigenvalue weighted by Gasteiger charge is 2.37. The summed E-state index contributed by atoms with van der Waals surface area (Å²) >= 11 is 0. The Morgan fingerprint density at radius 2 is 1.77 bits per heavy atom. The van der Waals surface area contributed by atoms with E-state index in [0.717, 1.165) is 0 Å². The highest BCUT2D eigenvalue weighted by molar-refractivity contribution is 6.11. The summed E-state index contributed by atoms with van der Waals surface area (Å²) in [5, 5.41) is 0. The molecule has 0 saturated carbocycles. The van der Waals surface area contributed by atoms with Crippen LogP contribution in [0.2, 0.25) is 0 Å². The summed E-state index contributed by atoms with van der Waals surface area (Å²) in [5.41, 5.74) is 0.341. The van der Waals surface area contributed by atoms with Crippen LogP contribution in [0.15, 0.2) is 46.0 Å². The molecule has 0 N–H and O–H groups in total. The van der Waals surface area contributed by atoms with Crippen LogP contribution < -0.4 is 0 Å². The fourth-order valence-corrected chi connectivity index (χ4v) is 2.00. The van der Waals surface area contributed by atoms with E-state index < -0.39 is 24.1 Å². The number of carbonyl (C=O) groups excluding carboxylic acids is 1. The second-order valence-corrected chi connectivity index (χ2v) is 4.87. The lowest BCUT2D eigenvalue weighted by Crippen LogP contribution is -2.25. The third-order valence-corrected chi connectivity index (χ3v) is 3.14. The lowest BCUT2D eigenvalue weighted by molar-refractivity contribution is -0.0601. The minimum Gasteiger partial charge on any atom is -0.461 e. The molecule has 0 unspecified atom stereocenters. The lowest BCUT2D eigenvalue weighted by atomic mass is 10.1. The van der Waals surface area contributed by atoms with E-state index >= 15 is 0 Å². The van der Waals surface area contributed by atoms with E-state index in [1.54, 1.807) is 32.0 Å². The summed E-state index contributed by atoms with van der Waals surface area (Å²) in [6.45, 7) is 3.35. The van der Waals surface area contributed by atoms with Crippen molar-refractivity contribution in [1.29, 1.82) is 0 Å². The van der Waals surface area contributed by atoms with Crippen molar-refractivity contribution in [3.63, 3.8) is 0 Å². The second kappa shape index (κ2) is 6.17. The quantitative estimate of drug-likeness (QED) is 0.601. The van der Waals surface area contributed by atoms with Crippen LogP contribution in [-0.2, 0) is 0 Å². The summed E-state index contributed by atoms with van der Waals surface area (Å²) < 4.78 is 44.3. The SMILES string of the molecule is Cc1cccc(C)c1N=C(CC(=O)c1ccco1)C(F)(F)F. The van der Waals surface area contributed by atoms with Gasteiger partial charge in [-0.15, -0.1) is 0 Å². The Hall–Kier alpha value is -2.37. The predicted octanol–water partition coefficient (Wildman–Crippen LogP) is 4.80. The average Bonchev–Trinajstić information content (AvgIpc) is 2.94. The molecule has 0 aliphatic heterocycles. The number of benzene rings is 1. The van der Waals surface area contributed by atoms with Gasteiger partial charge in [0.25, 0.3) is 0 Å². The van der Waals surface area contributed by atoms with E-state index in [4.69, 9.17) is 4.42 Å². The van der Waals surface area contributed by atoms with Gasteiger partial charge in [-0.05, 0) is 37.1 Å². The Kier molecular flexibility index (Phi) is 4.49. The number of carbonyl (C=O) groups is 1. The number of alkyl halides is 3. The largest absolute Gasteiger partial charge is 0.461 e. The smallest absolute Gasteiger partial charge is 0.429 e. The third-order valence-electron chi connectivity index (χ3n) is 3.14. The summed E-state index contributed by atoms with van der Waals surface area (Å²) in [6, 6.07) is 7.87. The molecule has 116 valence electrons. The molecule has 0 aliphatic carbocycles. The predicted molar refractivity (Wildman–Crippen MR) is 76.7 cm³/mol. The van der Waals surface area contributed by atoms with Gasteiger partial charge in [0, 0.05) is 0 Å². The van der Waals surface area contributed by atoms with Crippen molar-refractivity contribution < 1.29 is 22.4 Å². The van der Waals surface area contributed by atoms with Crippen LogP contribution in [0.25, 0.3) is 0 Å². The Balaban J connectivity index is 2.39. The van der Waals surface area contributed by atoms with Crippen LogP contribution in [0.5, 0.6) is 0 Å². The normalized spacial score (nSPS) is 12.5. The number of aryl methyl sites for hydroxylation is 2. The molecule has 0 bridgehead atoms. The molecular weight excluding hydrogens is 295 g/mol. The first-order valence-electron chi connectivity index (χ1n) is 6.56. The molecule has 3 nitrogen and oxygen atoms in total. The number of para-hydroxylation sites is 1. The Bertz CT molecular complexity index is 680. The molecule has 2 rings (SSSR count). The number of hydrogen-bond donors (Lipinski definition) is 0. The molecule has 6 heteroatoms. The van der Waals surface area contributed by atoms with Crippen LogP contribution in [0.3, 0.4) is 0 Å². The van der Waals surface area contributed by atoms with E-state index in [0.29, 0.717) is 11.1 Å². The first kappa shape index (κ1) is 16.0. The average molecular weight is 309 g/mol. The first-order chi connectivity index (χ1) is 10.3. The number of nitrogens with zero attached hydrogens (tertiary/aromatic N) is 1. The zero-order valence-electron chi connectivity index (χ0n) is 12.1. The van der Waals surface area contributed by atoms with Crippen molar-refractivity contribution in [2.45, 2.75) is 26.4 Å². The van der Waals surface area contributed by atoms with Gasteiger partial charge in [0.15, 0.2) is 5.76 Å². The molecule has 0 atom stereocenters. The molecule has 0 aliphatic rings. The molecule has 1 aromatic carbocycles. The number of Topliss-reactive ketones (excluding diaryl/α,β-unsaturated/α-hetero) is 1. The topological polar surface area (TPSA) is 42.6 Å². The van der Waals surface area contributed by atoms with Gasteiger partial charge in [-0.3, -0.25) is 4.79 Å². The van der Waals surface area contributed by atoms with Crippen LogP contribution in [0.4, 0.5) is 18.9 Å². The fourth-order valence-electron chi connectivity index (χ4n) is 2.00. The van der Waals surface area contributed by atoms with Crippen molar-refractivity contribution in [3.8, 4) is 0 Å². The maximum absolute atomic E-state index is 13.2. The van der Waals surface area contributed by atoms with Crippen LogP contribution in [0.1, 0.15) is 28.1 Å². The first-order valence-corrected chi connectivity index (χ1v) is 6.56. The summed E-state index contributed by atoms with van der Waals surface area (Å²) in [7, 11) is 0.